The molecule has 0 radical (unpaired) electrons. The van der Waals surface area contributed by atoms with Gasteiger partial charge >= 0.3 is 11.9 Å². The van der Waals surface area contributed by atoms with Crippen molar-refractivity contribution in [1.82, 2.24) is 0 Å². The van der Waals surface area contributed by atoms with E-state index in [4.69, 9.17) is 18.9 Å². The number of carbonyl (C=O) groups excluding carboxylic acids is 2. The van der Waals surface area contributed by atoms with E-state index in [1.807, 2.05) is 6.92 Å². The SMILES string of the molecule is CC(=O)OC1CCC2(C)C3CCC4(C)C(C[C@@H](C)C45OC5(C)OC(C)=O)C3C[C@@H]3O[C@@]32C1. The predicted molar refractivity (Wildman–Crippen MR) is 115 cm³/mol. The van der Waals surface area contributed by atoms with Crippen molar-refractivity contribution in [1.29, 1.82) is 0 Å². The van der Waals surface area contributed by atoms with E-state index in [0.29, 0.717) is 23.7 Å². The van der Waals surface area contributed by atoms with Gasteiger partial charge in [0.05, 0.1) is 6.10 Å². The van der Waals surface area contributed by atoms with E-state index < -0.39 is 5.79 Å². The van der Waals surface area contributed by atoms with Crippen LogP contribution in [0.1, 0.15) is 86.5 Å². The molecule has 6 fully saturated rings. The van der Waals surface area contributed by atoms with Gasteiger partial charge in [-0.3, -0.25) is 9.59 Å². The van der Waals surface area contributed by atoms with Gasteiger partial charge in [0.25, 0.3) is 0 Å². The molecule has 2 spiro atoms. The Hall–Kier alpha value is -1.14. The van der Waals surface area contributed by atoms with Crippen molar-refractivity contribution in [3.63, 3.8) is 0 Å². The Morgan fingerprint density at radius 2 is 1.66 bits per heavy atom. The van der Waals surface area contributed by atoms with Crippen LogP contribution in [0, 0.1) is 34.5 Å². The molecule has 32 heavy (non-hydrogen) atoms. The maximum Gasteiger partial charge on any atom is 0.305 e. The minimum absolute atomic E-state index is 0.00458. The van der Waals surface area contributed by atoms with E-state index in [9.17, 15) is 9.59 Å². The number of ether oxygens (including phenoxy) is 4. The van der Waals surface area contributed by atoms with Gasteiger partial charge in [-0.1, -0.05) is 20.8 Å². The van der Waals surface area contributed by atoms with Crippen LogP contribution in [-0.4, -0.2) is 41.1 Å². The summed E-state index contributed by atoms with van der Waals surface area (Å²) in [7, 11) is 0. The summed E-state index contributed by atoms with van der Waals surface area (Å²) < 4.78 is 24.4. The molecule has 0 amide bonds. The van der Waals surface area contributed by atoms with Gasteiger partial charge < -0.3 is 18.9 Å². The van der Waals surface area contributed by atoms with Gasteiger partial charge in [-0.15, -0.1) is 0 Å². The molecule has 0 bridgehead atoms. The largest absolute Gasteiger partial charge is 0.462 e. The smallest absolute Gasteiger partial charge is 0.305 e. The van der Waals surface area contributed by atoms with Crippen LogP contribution in [0.5, 0.6) is 0 Å². The van der Waals surface area contributed by atoms with Crippen LogP contribution in [-0.2, 0) is 28.5 Å². The molecule has 0 aromatic carbocycles. The Labute approximate surface area is 191 Å². The fourth-order valence-electron chi connectivity index (χ4n) is 10.1. The molecular weight excluding hydrogens is 408 g/mol. The van der Waals surface area contributed by atoms with Crippen molar-refractivity contribution in [2.75, 3.05) is 0 Å². The van der Waals surface area contributed by atoms with Crippen LogP contribution in [0.4, 0.5) is 0 Å². The lowest BCUT2D eigenvalue weighted by molar-refractivity contribution is -0.159. The number of fused-ring (bicyclic) bond motifs is 5. The molecule has 0 N–H and O–H groups in total. The average molecular weight is 447 g/mol. The summed E-state index contributed by atoms with van der Waals surface area (Å²) in [5.41, 5.74) is -0.322. The lowest BCUT2D eigenvalue weighted by atomic mass is 9.44. The van der Waals surface area contributed by atoms with Gasteiger partial charge in [0, 0.05) is 38.0 Å². The van der Waals surface area contributed by atoms with Crippen LogP contribution < -0.4 is 0 Å². The highest BCUT2D eigenvalue weighted by atomic mass is 16.8. The van der Waals surface area contributed by atoms with Crippen LogP contribution in [0.3, 0.4) is 0 Å². The number of epoxide rings is 2. The molecule has 2 aliphatic heterocycles. The topological polar surface area (TPSA) is 77.7 Å². The summed E-state index contributed by atoms with van der Waals surface area (Å²) in [4.78, 5) is 23.4. The van der Waals surface area contributed by atoms with E-state index >= 15 is 0 Å². The monoisotopic (exact) mass is 446 g/mol. The van der Waals surface area contributed by atoms with Gasteiger partial charge in [0.2, 0.25) is 5.79 Å². The average Bonchev–Trinajstić information content (AvgIpc) is 3.52. The number of hydrogen-bond donors (Lipinski definition) is 0. The molecule has 8 unspecified atom stereocenters. The van der Waals surface area contributed by atoms with Crippen molar-refractivity contribution >= 4 is 11.9 Å². The van der Waals surface area contributed by atoms with E-state index in [2.05, 4.69) is 20.8 Å². The summed E-state index contributed by atoms with van der Waals surface area (Å²) in [6.07, 6.45) is 7.62. The third kappa shape index (κ3) is 2.29. The Bertz CT molecular complexity index is 888. The summed E-state index contributed by atoms with van der Waals surface area (Å²) in [6.45, 7) is 12.1. The maximum atomic E-state index is 11.8. The first-order valence-electron chi connectivity index (χ1n) is 12.7. The number of carbonyl (C=O) groups is 2. The first kappa shape index (κ1) is 21.4. The van der Waals surface area contributed by atoms with Gasteiger partial charge in [-0.25, -0.2) is 0 Å². The number of hydrogen-bond acceptors (Lipinski definition) is 6. The molecule has 2 heterocycles. The minimum atomic E-state index is -0.797. The zero-order valence-electron chi connectivity index (χ0n) is 20.4. The Morgan fingerprint density at radius 1 is 0.938 bits per heavy atom. The molecule has 4 saturated carbocycles. The van der Waals surface area contributed by atoms with Gasteiger partial charge in [0.1, 0.15) is 17.3 Å². The fraction of sp³-hybridized carbons (Fsp3) is 0.923. The van der Waals surface area contributed by atoms with Crippen LogP contribution in [0.15, 0.2) is 0 Å². The molecule has 6 heteroatoms. The first-order chi connectivity index (χ1) is 14.9. The molecule has 6 aliphatic rings. The highest BCUT2D eigenvalue weighted by molar-refractivity contribution is 5.67. The fourth-order valence-corrected chi connectivity index (χ4v) is 10.1. The maximum absolute atomic E-state index is 11.8. The highest BCUT2D eigenvalue weighted by Crippen LogP contribution is 2.79. The zero-order chi connectivity index (χ0) is 22.9. The number of rotatable bonds is 2. The molecular formula is C26H38O6. The van der Waals surface area contributed by atoms with E-state index in [1.54, 1.807) is 0 Å². The van der Waals surface area contributed by atoms with Crippen molar-refractivity contribution in [2.24, 2.45) is 34.5 Å². The highest BCUT2D eigenvalue weighted by Gasteiger charge is 2.86. The zero-order valence-corrected chi connectivity index (χ0v) is 20.4. The van der Waals surface area contributed by atoms with Crippen molar-refractivity contribution < 1.29 is 28.5 Å². The van der Waals surface area contributed by atoms with Crippen LogP contribution in [0.2, 0.25) is 0 Å². The third-order valence-electron chi connectivity index (χ3n) is 11.2. The lowest BCUT2D eigenvalue weighted by Gasteiger charge is -2.59. The van der Waals surface area contributed by atoms with E-state index in [0.717, 1.165) is 44.9 Å². The predicted octanol–water partition coefficient (Wildman–Crippen LogP) is 4.39. The molecule has 178 valence electrons. The first-order valence-corrected chi connectivity index (χ1v) is 12.7. The normalized spacial score (nSPS) is 59.3. The molecule has 6 rings (SSSR count). The molecule has 4 aliphatic carbocycles. The molecule has 11 atom stereocenters. The van der Waals surface area contributed by atoms with Crippen molar-refractivity contribution in [2.45, 2.75) is 116 Å². The standard InChI is InChI=1S/C26H38O6/c1-14-11-20-18-12-21-25(31-21)13-17(29-15(2)27)7-9-22(25,4)19(18)8-10-23(20,5)26(14)24(6,32-26)30-16(3)28/h14,17-21H,7-13H2,1-6H3/t14-,17?,18?,19?,20?,21+,22?,23?,24?,25+,26?/m1/s1. The second kappa shape index (κ2) is 6.10. The van der Waals surface area contributed by atoms with Gasteiger partial charge in [0.15, 0.2) is 0 Å². The van der Waals surface area contributed by atoms with Gasteiger partial charge in [-0.05, 0) is 62.2 Å². The quantitative estimate of drug-likeness (QED) is 0.463. The molecule has 2 saturated heterocycles. The molecule has 6 nitrogen and oxygen atoms in total. The lowest BCUT2D eigenvalue weighted by Crippen LogP contribution is -2.59. The third-order valence-corrected chi connectivity index (χ3v) is 11.2. The Balaban J connectivity index is 1.29. The second-order valence-corrected chi connectivity index (χ2v) is 12.5. The Morgan fingerprint density at radius 3 is 2.34 bits per heavy atom. The summed E-state index contributed by atoms with van der Waals surface area (Å²) in [5, 5.41) is 0. The van der Waals surface area contributed by atoms with E-state index in [1.165, 1.54) is 13.8 Å². The minimum Gasteiger partial charge on any atom is -0.462 e. The summed E-state index contributed by atoms with van der Waals surface area (Å²) >= 11 is 0. The van der Waals surface area contributed by atoms with Crippen molar-refractivity contribution in [3.8, 4) is 0 Å². The number of esters is 2. The van der Waals surface area contributed by atoms with Crippen molar-refractivity contribution in [3.05, 3.63) is 0 Å². The summed E-state index contributed by atoms with van der Waals surface area (Å²) in [6, 6.07) is 0. The second-order valence-electron chi connectivity index (χ2n) is 12.5. The molecule has 0 aromatic rings. The van der Waals surface area contributed by atoms with Gasteiger partial charge in [-0.2, -0.15) is 0 Å². The van der Waals surface area contributed by atoms with Crippen LogP contribution >= 0.6 is 0 Å². The molecule has 0 aromatic heterocycles. The Kier molecular flexibility index (Phi) is 4.08. The summed E-state index contributed by atoms with van der Waals surface area (Å²) in [5.74, 6) is 0.910. The van der Waals surface area contributed by atoms with E-state index in [-0.39, 0.29) is 46.2 Å². The van der Waals surface area contributed by atoms with Crippen LogP contribution in [0.25, 0.3) is 0 Å².